The zero-order valence-corrected chi connectivity index (χ0v) is 21.6. The molecule has 2 aromatic carbocycles. The number of carbonyl (C=O) groups is 2. The first kappa shape index (κ1) is 24.6. The van der Waals surface area contributed by atoms with Crippen LogP contribution in [0, 0.1) is 5.92 Å². The van der Waals surface area contributed by atoms with Crippen LogP contribution in [0.1, 0.15) is 43.4 Å². The third-order valence-corrected chi connectivity index (χ3v) is 10.3. The number of sulfone groups is 1. The number of carbonyl (C=O) groups excluding carboxylic acids is 2. The molecule has 38 heavy (non-hydrogen) atoms. The van der Waals surface area contributed by atoms with Crippen LogP contribution in [0.3, 0.4) is 0 Å². The van der Waals surface area contributed by atoms with E-state index in [4.69, 9.17) is 20.2 Å². The highest BCUT2D eigenvalue weighted by Gasteiger charge is 2.51. The molecule has 0 spiro atoms. The van der Waals surface area contributed by atoms with Crippen LogP contribution in [-0.2, 0) is 31.3 Å². The fraction of sp³-hybridized carbons (Fsp3) is 0.345. The first-order chi connectivity index (χ1) is 18.3. The largest absolute Gasteiger partial charge is 0.454 e. The van der Waals surface area contributed by atoms with E-state index in [1.54, 1.807) is 24.3 Å². The molecule has 1 aromatic heterocycles. The van der Waals surface area contributed by atoms with Gasteiger partial charge in [0.1, 0.15) is 5.78 Å². The molecule has 2 fully saturated rings. The number of nitrogens with two attached hydrogens (primary N) is 1. The average molecular weight is 533 g/mol. The van der Waals surface area contributed by atoms with Crippen molar-refractivity contribution in [1.29, 1.82) is 0 Å². The van der Waals surface area contributed by atoms with Crippen LogP contribution >= 0.6 is 0 Å². The van der Waals surface area contributed by atoms with E-state index < -0.39 is 32.3 Å². The maximum Gasteiger partial charge on any atom is 0.231 e. The summed E-state index contributed by atoms with van der Waals surface area (Å²) in [6.45, 7) is 0.192. The quantitative estimate of drug-likeness (QED) is 0.468. The van der Waals surface area contributed by atoms with Gasteiger partial charge in [0, 0.05) is 17.7 Å². The van der Waals surface area contributed by atoms with Crippen molar-refractivity contribution in [3.05, 3.63) is 71.9 Å². The number of aromatic nitrogens is 1. The molecule has 6 rings (SSSR count). The third-order valence-electron chi connectivity index (χ3n) is 8.05. The molecule has 3 aliphatic rings. The number of hydrogen-bond donors (Lipinski definition) is 1. The van der Waals surface area contributed by atoms with Crippen molar-refractivity contribution >= 4 is 21.5 Å². The van der Waals surface area contributed by atoms with Gasteiger partial charge >= 0.3 is 0 Å². The van der Waals surface area contributed by atoms with E-state index in [2.05, 4.69) is 0 Å². The van der Waals surface area contributed by atoms with Crippen molar-refractivity contribution in [1.82, 2.24) is 4.98 Å². The number of ether oxygens (including phenoxy) is 2. The number of benzene rings is 2. The number of pyridine rings is 1. The van der Waals surface area contributed by atoms with Gasteiger partial charge in [0.05, 0.1) is 27.2 Å². The summed E-state index contributed by atoms with van der Waals surface area (Å²) in [7, 11) is -3.68. The zero-order chi connectivity index (χ0) is 26.5. The predicted molar refractivity (Wildman–Crippen MR) is 139 cm³/mol. The number of primary amides is 1. The Labute approximate surface area is 221 Å². The van der Waals surface area contributed by atoms with Crippen LogP contribution in [0.25, 0.3) is 11.3 Å². The van der Waals surface area contributed by atoms with Gasteiger partial charge < -0.3 is 15.2 Å². The summed E-state index contributed by atoms with van der Waals surface area (Å²) in [5.74, 6) is 0.270. The number of Topliss-reactive ketones (excluding diaryl/α,β-unsaturated/α-hetero) is 1. The number of ketones is 1. The molecule has 1 unspecified atom stereocenters. The molecule has 2 N–H and O–H groups in total. The second kappa shape index (κ2) is 9.23. The minimum absolute atomic E-state index is 0.114. The SMILES string of the molecule is NC(=O)[C@@H]1CCCC1S(=O)(=O)c1ccc(-c2cccc(CC(=O)C3(c4ccc5c(c4)OCO5)CC3)n2)cc1. The standard InChI is InChI=1S/C29H28N2O6S/c30-28(33)22-4-2-6-26(22)38(34,35)21-10-7-18(8-11-21)23-5-1-3-20(31-23)16-27(32)29(13-14-29)19-9-12-24-25(15-19)37-17-36-24/h1,3,5,7-12,15,22,26H,2,4,6,13-14,16-17H2,(H2,30,33)/t22-,26?/m1/s1. The summed E-state index contributed by atoms with van der Waals surface area (Å²) in [6, 6.07) is 17.8. The van der Waals surface area contributed by atoms with Crippen molar-refractivity contribution in [2.24, 2.45) is 11.7 Å². The van der Waals surface area contributed by atoms with Gasteiger partial charge in [-0.3, -0.25) is 14.6 Å². The molecule has 2 aliphatic carbocycles. The molecule has 2 atom stereocenters. The van der Waals surface area contributed by atoms with Crippen LogP contribution in [0.2, 0.25) is 0 Å². The van der Waals surface area contributed by atoms with Gasteiger partial charge in [0.2, 0.25) is 12.7 Å². The molecule has 8 nitrogen and oxygen atoms in total. The lowest BCUT2D eigenvalue weighted by atomic mass is 9.88. The topological polar surface area (TPSA) is 126 Å². The molecule has 0 radical (unpaired) electrons. The molecular formula is C29H28N2O6S. The molecule has 3 aromatic rings. The summed E-state index contributed by atoms with van der Waals surface area (Å²) in [5.41, 5.74) is 7.94. The molecule has 1 amide bonds. The molecule has 1 aliphatic heterocycles. The number of nitrogens with zero attached hydrogens (tertiary/aromatic N) is 1. The van der Waals surface area contributed by atoms with E-state index in [-0.39, 0.29) is 23.9 Å². The fourth-order valence-electron chi connectivity index (χ4n) is 5.73. The van der Waals surface area contributed by atoms with Crippen molar-refractivity contribution in [3.8, 4) is 22.8 Å². The van der Waals surface area contributed by atoms with Crippen molar-refractivity contribution in [2.45, 2.75) is 54.1 Å². The van der Waals surface area contributed by atoms with Gasteiger partial charge in [-0.25, -0.2) is 8.42 Å². The summed E-state index contributed by atoms with van der Waals surface area (Å²) in [6.07, 6.45) is 3.38. The minimum atomic E-state index is -3.68. The van der Waals surface area contributed by atoms with E-state index in [0.717, 1.165) is 24.0 Å². The van der Waals surface area contributed by atoms with Gasteiger partial charge in [-0.05, 0) is 67.6 Å². The highest BCUT2D eigenvalue weighted by Crippen LogP contribution is 2.51. The number of hydrogen-bond acceptors (Lipinski definition) is 7. The monoisotopic (exact) mass is 532 g/mol. The average Bonchev–Trinajstić information content (AvgIpc) is 3.33. The molecule has 0 saturated heterocycles. The molecule has 9 heteroatoms. The molecule has 2 heterocycles. The first-order valence-corrected chi connectivity index (χ1v) is 14.4. The van der Waals surface area contributed by atoms with Crippen molar-refractivity contribution in [3.63, 3.8) is 0 Å². The van der Waals surface area contributed by atoms with E-state index in [1.165, 1.54) is 0 Å². The zero-order valence-electron chi connectivity index (χ0n) is 20.8. The maximum absolute atomic E-state index is 13.4. The Balaban J connectivity index is 1.19. The molecular weight excluding hydrogens is 504 g/mol. The number of rotatable bonds is 8. The molecule has 0 bridgehead atoms. The normalized spacial score (nSPS) is 21.3. The minimum Gasteiger partial charge on any atom is -0.454 e. The van der Waals surface area contributed by atoms with E-state index in [9.17, 15) is 18.0 Å². The summed E-state index contributed by atoms with van der Waals surface area (Å²) >= 11 is 0. The van der Waals surface area contributed by atoms with Crippen LogP contribution in [0.4, 0.5) is 0 Å². The van der Waals surface area contributed by atoms with E-state index >= 15 is 0 Å². The van der Waals surface area contributed by atoms with Crippen LogP contribution in [0.15, 0.2) is 65.6 Å². The van der Waals surface area contributed by atoms with Gasteiger partial charge in [-0.15, -0.1) is 0 Å². The molecule has 196 valence electrons. The predicted octanol–water partition coefficient (Wildman–Crippen LogP) is 3.75. The Hall–Kier alpha value is -3.72. The lowest BCUT2D eigenvalue weighted by molar-refractivity contribution is -0.122. The lowest BCUT2D eigenvalue weighted by Gasteiger charge is -2.17. The van der Waals surface area contributed by atoms with Gasteiger partial charge in [-0.2, -0.15) is 0 Å². The van der Waals surface area contributed by atoms with E-state index in [0.29, 0.717) is 42.1 Å². The third kappa shape index (κ3) is 4.24. The van der Waals surface area contributed by atoms with Crippen molar-refractivity contribution in [2.75, 3.05) is 6.79 Å². The van der Waals surface area contributed by atoms with Gasteiger partial charge in [0.15, 0.2) is 21.3 Å². The summed E-state index contributed by atoms with van der Waals surface area (Å²) in [5, 5.41) is -0.780. The van der Waals surface area contributed by atoms with Crippen LogP contribution in [0.5, 0.6) is 11.5 Å². The highest BCUT2D eigenvalue weighted by molar-refractivity contribution is 7.92. The van der Waals surface area contributed by atoms with Crippen LogP contribution in [-0.4, -0.2) is 37.1 Å². The van der Waals surface area contributed by atoms with Crippen molar-refractivity contribution < 1.29 is 27.5 Å². The Morgan fingerprint density at radius 1 is 0.974 bits per heavy atom. The number of fused-ring (bicyclic) bond motifs is 1. The highest BCUT2D eigenvalue weighted by atomic mass is 32.2. The first-order valence-electron chi connectivity index (χ1n) is 12.8. The maximum atomic E-state index is 13.4. The Morgan fingerprint density at radius 2 is 1.74 bits per heavy atom. The van der Waals surface area contributed by atoms with Gasteiger partial charge in [0.25, 0.3) is 0 Å². The lowest BCUT2D eigenvalue weighted by Crippen LogP contribution is -2.34. The smallest absolute Gasteiger partial charge is 0.231 e. The number of amides is 1. The Morgan fingerprint density at radius 3 is 2.47 bits per heavy atom. The summed E-state index contributed by atoms with van der Waals surface area (Å²) in [4.78, 5) is 30.0. The van der Waals surface area contributed by atoms with Gasteiger partial charge in [-0.1, -0.05) is 30.7 Å². The fourth-order valence-corrected chi connectivity index (χ4v) is 7.78. The van der Waals surface area contributed by atoms with E-state index in [1.807, 2.05) is 36.4 Å². The second-order valence-corrected chi connectivity index (χ2v) is 12.5. The Bertz CT molecular complexity index is 1530. The van der Waals surface area contributed by atoms with Crippen LogP contribution < -0.4 is 15.2 Å². The Kier molecular flexibility index (Phi) is 5.98. The summed E-state index contributed by atoms with van der Waals surface area (Å²) < 4.78 is 37.2. The second-order valence-electron chi connectivity index (χ2n) is 10.3. The molecule has 2 saturated carbocycles.